The third kappa shape index (κ3) is 3.13. The van der Waals surface area contributed by atoms with Crippen molar-refractivity contribution in [3.05, 3.63) is 9.39 Å². The highest BCUT2D eigenvalue weighted by molar-refractivity contribution is 14.1. The molecule has 7 nitrogen and oxygen atoms in total. The van der Waals surface area contributed by atoms with Crippen LogP contribution in [0.4, 0.5) is 5.82 Å². The van der Waals surface area contributed by atoms with Gasteiger partial charge in [-0.15, -0.1) is 0 Å². The summed E-state index contributed by atoms with van der Waals surface area (Å²) in [5, 5.41) is 14.7. The summed E-state index contributed by atoms with van der Waals surface area (Å²) < 4.78 is 8.72. The standard InChI is InChI=1S/C19H26IN5O2/c20-17-16-19(25(23-17)15-9-1-2-10-27-15)22-18(14(11-26)21-16)24-12-5-3-6-13(24)8-4-7-12/h12-13,15,26H,1-11H2/t12-,13+,15?. The van der Waals surface area contributed by atoms with Crippen LogP contribution in [0, 0.1) is 3.70 Å². The van der Waals surface area contributed by atoms with Gasteiger partial charge in [-0.05, 0) is 80.4 Å². The van der Waals surface area contributed by atoms with E-state index >= 15 is 0 Å². The molecule has 5 heterocycles. The molecule has 2 bridgehead atoms. The smallest absolute Gasteiger partial charge is 0.182 e. The highest BCUT2D eigenvalue weighted by Gasteiger charge is 2.37. The van der Waals surface area contributed by atoms with Crippen molar-refractivity contribution in [2.45, 2.75) is 82.7 Å². The van der Waals surface area contributed by atoms with Crippen molar-refractivity contribution in [2.24, 2.45) is 0 Å². The lowest BCUT2D eigenvalue weighted by Gasteiger charge is -2.47. The van der Waals surface area contributed by atoms with Crippen LogP contribution < -0.4 is 4.90 Å². The molecule has 146 valence electrons. The molecule has 3 saturated heterocycles. The molecule has 3 fully saturated rings. The number of nitrogens with zero attached hydrogens (tertiary/aromatic N) is 5. The minimum atomic E-state index is -0.0879. The van der Waals surface area contributed by atoms with Gasteiger partial charge in [0.05, 0.1) is 6.61 Å². The Hall–Kier alpha value is -1.00. The van der Waals surface area contributed by atoms with Crippen molar-refractivity contribution in [1.29, 1.82) is 0 Å². The zero-order chi connectivity index (χ0) is 18.4. The van der Waals surface area contributed by atoms with Gasteiger partial charge in [0.15, 0.2) is 21.4 Å². The Bertz CT molecular complexity index is 813. The molecule has 0 aromatic carbocycles. The van der Waals surface area contributed by atoms with Crippen molar-refractivity contribution >= 4 is 39.6 Å². The van der Waals surface area contributed by atoms with Gasteiger partial charge >= 0.3 is 0 Å². The van der Waals surface area contributed by atoms with Crippen LogP contribution in [-0.2, 0) is 11.3 Å². The molecule has 1 N–H and O–H groups in total. The Kier molecular flexibility index (Phi) is 4.97. The second-order valence-corrected chi connectivity index (χ2v) is 8.98. The maximum Gasteiger partial charge on any atom is 0.182 e. The fraction of sp³-hybridized carbons (Fsp3) is 0.737. The van der Waals surface area contributed by atoms with Crippen LogP contribution in [0.25, 0.3) is 11.2 Å². The number of hydrogen-bond donors (Lipinski definition) is 1. The van der Waals surface area contributed by atoms with Crippen LogP contribution in [0.5, 0.6) is 0 Å². The van der Waals surface area contributed by atoms with Crippen molar-refractivity contribution in [3.63, 3.8) is 0 Å². The van der Waals surface area contributed by atoms with E-state index in [-0.39, 0.29) is 12.8 Å². The maximum absolute atomic E-state index is 10.0. The molecule has 3 aliphatic heterocycles. The van der Waals surface area contributed by atoms with E-state index in [9.17, 15) is 5.11 Å². The van der Waals surface area contributed by atoms with Crippen LogP contribution in [0.2, 0.25) is 0 Å². The lowest BCUT2D eigenvalue weighted by atomic mass is 9.84. The molecular formula is C19H26IN5O2. The lowest BCUT2D eigenvalue weighted by molar-refractivity contribution is -0.0372. The van der Waals surface area contributed by atoms with Crippen molar-refractivity contribution in [2.75, 3.05) is 11.5 Å². The summed E-state index contributed by atoms with van der Waals surface area (Å²) in [6, 6.07) is 1.05. The predicted octanol–water partition coefficient (Wildman–Crippen LogP) is 3.53. The Balaban J connectivity index is 1.63. The maximum atomic E-state index is 10.0. The monoisotopic (exact) mass is 483 g/mol. The van der Waals surface area contributed by atoms with Crippen LogP contribution in [0.15, 0.2) is 0 Å². The summed E-state index contributed by atoms with van der Waals surface area (Å²) in [5.41, 5.74) is 2.25. The van der Waals surface area contributed by atoms with E-state index in [0.29, 0.717) is 17.8 Å². The summed E-state index contributed by atoms with van der Waals surface area (Å²) in [6.45, 7) is 0.684. The number of anilines is 1. The largest absolute Gasteiger partial charge is 0.390 e. The molecule has 0 amide bonds. The molecule has 0 radical (unpaired) electrons. The van der Waals surface area contributed by atoms with E-state index < -0.39 is 0 Å². The van der Waals surface area contributed by atoms with Gasteiger partial charge in [0.25, 0.3) is 0 Å². The number of rotatable bonds is 3. The number of aliphatic hydroxyl groups excluding tert-OH is 1. The fourth-order valence-corrected chi connectivity index (χ4v) is 5.63. The Morgan fingerprint density at radius 3 is 2.37 bits per heavy atom. The summed E-state index contributed by atoms with van der Waals surface area (Å²) in [5.74, 6) is 0.868. The number of halogens is 1. The Morgan fingerprint density at radius 2 is 1.74 bits per heavy atom. The van der Waals surface area contributed by atoms with E-state index in [2.05, 4.69) is 27.5 Å². The molecule has 5 rings (SSSR count). The van der Waals surface area contributed by atoms with Gasteiger partial charge < -0.3 is 14.7 Å². The normalized spacial score (nSPS) is 28.7. The molecule has 3 aliphatic rings. The van der Waals surface area contributed by atoms with Crippen molar-refractivity contribution < 1.29 is 9.84 Å². The molecular weight excluding hydrogens is 457 g/mol. The van der Waals surface area contributed by atoms with Crippen LogP contribution in [0.3, 0.4) is 0 Å². The van der Waals surface area contributed by atoms with Crippen LogP contribution in [0.1, 0.15) is 69.7 Å². The van der Waals surface area contributed by atoms with Gasteiger partial charge in [0, 0.05) is 18.7 Å². The van der Waals surface area contributed by atoms with Crippen molar-refractivity contribution in [1.82, 2.24) is 19.7 Å². The van der Waals surface area contributed by atoms with Crippen LogP contribution in [-0.4, -0.2) is 43.5 Å². The van der Waals surface area contributed by atoms with Gasteiger partial charge in [-0.25, -0.2) is 14.6 Å². The van der Waals surface area contributed by atoms with Gasteiger partial charge in [-0.2, -0.15) is 5.10 Å². The highest BCUT2D eigenvalue weighted by atomic mass is 127. The molecule has 2 aromatic rings. The minimum Gasteiger partial charge on any atom is -0.390 e. The first-order valence-corrected chi connectivity index (χ1v) is 11.3. The first-order chi connectivity index (χ1) is 13.3. The minimum absolute atomic E-state index is 0.0623. The zero-order valence-electron chi connectivity index (χ0n) is 15.5. The zero-order valence-corrected chi connectivity index (χ0v) is 17.6. The van der Waals surface area contributed by atoms with E-state index in [1.165, 1.54) is 38.5 Å². The average Bonchev–Trinajstić information content (AvgIpc) is 3.03. The third-order valence-electron chi connectivity index (χ3n) is 6.30. The highest BCUT2D eigenvalue weighted by Crippen LogP contribution is 2.39. The average molecular weight is 483 g/mol. The number of piperidine rings is 2. The fourth-order valence-electron chi connectivity index (χ4n) is 5.04. The van der Waals surface area contributed by atoms with Gasteiger partial charge in [0.1, 0.15) is 11.2 Å². The summed E-state index contributed by atoms with van der Waals surface area (Å²) >= 11 is 2.22. The topological polar surface area (TPSA) is 76.3 Å². The summed E-state index contributed by atoms with van der Waals surface area (Å²) in [7, 11) is 0. The third-order valence-corrected chi connectivity index (χ3v) is 7.02. The first-order valence-electron chi connectivity index (χ1n) is 10.2. The molecule has 0 aliphatic carbocycles. The molecule has 1 unspecified atom stereocenters. The number of ether oxygens (including phenoxy) is 1. The van der Waals surface area contributed by atoms with E-state index in [0.717, 1.165) is 46.6 Å². The van der Waals surface area contributed by atoms with E-state index in [4.69, 9.17) is 19.8 Å². The number of hydrogen-bond acceptors (Lipinski definition) is 6. The molecule has 0 spiro atoms. The lowest BCUT2D eigenvalue weighted by Crippen LogP contribution is -2.50. The summed E-state index contributed by atoms with van der Waals surface area (Å²) in [6.07, 6.45) is 10.6. The second kappa shape index (κ2) is 7.44. The number of fused-ring (bicyclic) bond motifs is 3. The van der Waals surface area contributed by atoms with Gasteiger partial charge in [-0.3, -0.25) is 0 Å². The Labute approximate surface area is 172 Å². The van der Waals surface area contributed by atoms with Gasteiger partial charge in [-0.1, -0.05) is 0 Å². The molecule has 1 atom stereocenters. The van der Waals surface area contributed by atoms with E-state index in [1.54, 1.807) is 0 Å². The quantitative estimate of drug-likeness (QED) is 0.674. The number of aliphatic hydroxyl groups is 1. The van der Waals surface area contributed by atoms with Crippen LogP contribution >= 0.6 is 22.6 Å². The molecule has 27 heavy (non-hydrogen) atoms. The second-order valence-electron chi connectivity index (χ2n) is 7.96. The predicted molar refractivity (Wildman–Crippen MR) is 111 cm³/mol. The molecule has 0 saturated carbocycles. The number of aromatic nitrogens is 4. The Morgan fingerprint density at radius 1 is 1.00 bits per heavy atom. The molecule has 2 aromatic heterocycles. The molecule has 8 heteroatoms. The first kappa shape index (κ1) is 18.1. The summed E-state index contributed by atoms with van der Waals surface area (Å²) in [4.78, 5) is 12.3. The van der Waals surface area contributed by atoms with Crippen molar-refractivity contribution in [3.8, 4) is 0 Å². The van der Waals surface area contributed by atoms with E-state index in [1.807, 2.05) is 4.68 Å². The SMILES string of the molecule is OCc1nc2c(I)nn(C3CCCCO3)c2nc1N1[C@H]2CCC[C@@H]1CCC2. The van der Waals surface area contributed by atoms with Gasteiger partial charge in [0.2, 0.25) is 0 Å².